The second-order valence-corrected chi connectivity index (χ2v) is 5.68. The number of pyridine rings is 1. The Morgan fingerprint density at radius 3 is 2.89 bits per heavy atom. The first kappa shape index (κ1) is 14.0. The largest absolute Gasteiger partial charge is 0.398 e. The van der Waals surface area contributed by atoms with E-state index in [1.165, 1.54) is 0 Å². The summed E-state index contributed by atoms with van der Waals surface area (Å²) < 4.78 is 0.853. The van der Waals surface area contributed by atoms with Crippen molar-refractivity contribution in [1.82, 2.24) is 4.98 Å². The molecule has 1 atom stereocenters. The van der Waals surface area contributed by atoms with Gasteiger partial charge in [0.2, 0.25) is 0 Å². The Labute approximate surface area is 119 Å². The van der Waals surface area contributed by atoms with Crippen LogP contribution in [0.15, 0.2) is 28.9 Å². The fraction of sp³-hybridized carbons (Fsp3) is 0.308. The predicted molar refractivity (Wildman–Crippen MR) is 80.1 cm³/mol. The van der Waals surface area contributed by atoms with E-state index < -0.39 is 5.60 Å². The number of nitrogens with one attached hydrogen (secondary N) is 1. The standard InChI is InChI=1S/C13H16BrN3O2/c1-13(19,7-18)6-17-11-3-2-10(15)9-4-8(14)5-16-12(9)11/h2-5,17-19H,6-7,15H2,1H3. The van der Waals surface area contributed by atoms with Crippen LogP contribution < -0.4 is 11.1 Å². The van der Waals surface area contributed by atoms with E-state index in [0.717, 1.165) is 21.1 Å². The summed E-state index contributed by atoms with van der Waals surface area (Å²) in [4.78, 5) is 4.33. The monoisotopic (exact) mass is 325 g/mol. The maximum absolute atomic E-state index is 9.79. The second-order valence-electron chi connectivity index (χ2n) is 4.76. The van der Waals surface area contributed by atoms with E-state index in [9.17, 15) is 5.11 Å². The molecule has 6 heteroatoms. The van der Waals surface area contributed by atoms with Gasteiger partial charge in [-0.1, -0.05) is 0 Å². The van der Waals surface area contributed by atoms with Crippen LogP contribution in [0.5, 0.6) is 0 Å². The van der Waals surface area contributed by atoms with E-state index in [0.29, 0.717) is 5.69 Å². The van der Waals surface area contributed by atoms with Crippen molar-refractivity contribution in [2.75, 3.05) is 24.2 Å². The summed E-state index contributed by atoms with van der Waals surface area (Å²) >= 11 is 3.36. The minimum absolute atomic E-state index is 0.222. The molecular formula is C13H16BrN3O2. The van der Waals surface area contributed by atoms with Crippen LogP contribution >= 0.6 is 15.9 Å². The van der Waals surface area contributed by atoms with Crippen molar-refractivity contribution < 1.29 is 10.2 Å². The van der Waals surface area contributed by atoms with Crippen LogP contribution in [0.4, 0.5) is 11.4 Å². The van der Waals surface area contributed by atoms with Crippen molar-refractivity contribution in [3.63, 3.8) is 0 Å². The van der Waals surface area contributed by atoms with Crippen molar-refractivity contribution in [3.8, 4) is 0 Å². The molecule has 0 spiro atoms. The number of aromatic nitrogens is 1. The number of halogens is 1. The third kappa shape index (κ3) is 3.15. The number of aliphatic hydroxyl groups excluding tert-OH is 1. The summed E-state index contributed by atoms with van der Waals surface area (Å²) in [6.07, 6.45) is 1.69. The fourth-order valence-corrected chi connectivity index (χ4v) is 2.03. The molecule has 5 nitrogen and oxygen atoms in total. The molecule has 0 saturated carbocycles. The van der Waals surface area contributed by atoms with E-state index in [1.807, 2.05) is 12.1 Å². The topological polar surface area (TPSA) is 91.4 Å². The molecule has 0 amide bonds. The maximum atomic E-state index is 9.79. The minimum atomic E-state index is -1.18. The molecule has 0 bridgehead atoms. The summed E-state index contributed by atoms with van der Waals surface area (Å²) in [6.45, 7) is 1.47. The molecule has 0 radical (unpaired) electrons. The molecule has 1 heterocycles. The Morgan fingerprint density at radius 1 is 1.47 bits per heavy atom. The quantitative estimate of drug-likeness (QED) is 0.643. The average Bonchev–Trinajstić information content (AvgIpc) is 2.38. The van der Waals surface area contributed by atoms with Crippen LogP contribution in [0.1, 0.15) is 6.92 Å². The molecule has 0 aliphatic heterocycles. The molecule has 0 aliphatic rings. The van der Waals surface area contributed by atoms with E-state index in [-0.39, 0.29) is 13.2 Å². The first-order valence-corrected chi connectivity index (χ1v) is 6.63. The van der Waals surface area contributed by atoms with E-state index in [2.05, 4.69) is 26.2 Å². The van der Waals surface area contributed by atoms with Gasteiger partial charge >= 0.3 is 0 Å². The molecule has 2 rings (SSSR count). The Balaban J connectivity index is 2.37. The van der Waals surface area contributed by atoms with Crippen molar-refractivity contribution in [2.45, 2.75) is 12.5 Å². The minimum Gasteiger partial charge on any atom is -0.398 e. The zero-order valence-electron chi connectivity index (χ0n) is 10.5. The highest BCUT2D eigenvalue weighted by atomic mass is 79.9. The van der Waals surface area contributed by atoms with Crippen LogP contribution in [0.3, 0.4) is 0 Å². The predicted octanol–water partition coefficient (Wildman–Crippen LogP) is 1.73. The van der Waals surface area contributed by atoms with Gasteiger partial charge in [-0.3, -0.25) is 4.98 Å². The second kappa shape index (κ2) is 5.32. The number of nitrogens with zero attached hydrogens (tertiary/aromatic N) is 1. The maximum Gasteiger partial charge on any atom is 0.102 e. The number of nitrogens with two attached hydrogens (primary N) is 1. The average molecular weight is 326 g/mol. The Kier molecular flexibility index (Phi) is 3.93. The van der Waals surface area contributed by atoms with Crippen LogP contribution in [0.25, 0.3) is 10.9 Å². The lowest BCUT2D eigenvalue weighted by Gasteiger charge is -2.22. The highest BCUT2D eigenvalue weighted by molar-refractivity contribution is 9.10. The Bertz CT molecular complexity index is 602. The number of fused-ring (bicyclic) bond motifs is 1. The lowest BCUT2D eigenvalue weighted by molar-refractivity contribution is 0.0132. The van der Waals surface area contributed by atoms with Crippen molar-refractivity contribution in [2.24, 2.45) is 0 Å². The van der Waals surface area contributed by atoms with Gasteiger partial charge in [0.1, 0.15) is 5.60 Å². The number of aliphatic hydroxyl groups is 2. The van der Waals surface area contributed by atoms with Gasteiger partial charge in [0.05, 0.1) is 17.8 Å². The molecule has 0 saturated heterocycles. The molecular weight excluding hydrogens is 310 g/mol. The number of hydrogen-bond acceptors (Lipinski definition) is 5. The summed E-state index contributed by atoms with van der Waals surface area (Å²) in [5, 5.41) is 22.7. The highest BCUT2D eigenvalue weighted by Gasteiger charge is 2.19. The van der Waals surface area contributed by atoms with Crippen LogP contribution in [0, 0.1) is 0 Å². The van der Waals surface area contributed by atoms with Gasteiger partial charge in [-0.25, -0.2) is 0 Å². The first-order valence-electron chi connectivity index (χ1n) is 5.84. The highest BCUT2D eigenvalue weighted by Crippen LogP contribution is 2.29. The van der Waals surface area contributed by atoms with E-state index >= 15 is 0 Å². The van der Waals surface area contributed by atoms with Crippen molar-refractivity contribution >= 4 is 38.2 Å². The molecule has 102 valence electrons. The molecule has 19 heavy (non-hydrogen) atoms. The van der Waals surface area contributed by atoms with Gasteiger partial charge in [0.15, 0.2) is 0 Å². The van der Waals surface area contributed by atoms with E-state index in [1.54, 1.807) is 19.2 Å². The van der Waals surface area contributed by atoms with Gasteiger partial charge in [-0.2, -0.15) is 0 Å². The van der Waals surface area contributed by atoms with Crippen LogP contribution in [0.2, 0.25) is 0 Å². The van der Waals surface area contributed by atoms with Crippen LogP contribution in [-0.4, -0.2) is 33.9 Å². The SMILES string of the molecule is CC(O)(CO)CNc1ccc(N)c2cc(Br)cnc12. The lowest BCUT2D eigenvalue weighted by atomic mass is 10.1. The molecule has 0 aliphatic carbocycles. The zero-order valence-corrected chi connectivity index (χ0v) is 12.1. The smallest absolute Gasteiger partial charge is 0.102 e. The first-order chi connectivity index (χ1) is 8.93. The molecule has 2 aromatic rings. The summed E-state index contributed by atoms with van der Waals surface area (Å²) in [5.41, 5.74) is 6.89. The molecule has 1 aromatic heterocycles. The summed E-state index contributed by atoms with van der Waals surface area (Å²) in [6, 6.07) is 5.49. The number of hydrogen-bond donors (Lipinski definition) is 4. The Hall–Kier alpha value is -1.37. The van der Waals surface area contributed by atoms with Gasteiger partial charge in [-0.15, -0.1) is 0 Å². The van der Waals surface area contributed by atoms with E-state index in [4.69, 9.17) is 10.8 Å². The molecule has 0 fully saturated rings. The zero-order chi connectivity index (χ0) is 14.0. The van der Waals surface area contributed by atoms with Gasteiger partial charge in [0, 0.05) is 28.3 Å². The fourth-order valence-electron chi connectivity index (χ4n) is 1.70. The van der Waals surface area contributed by atoms with Crippen molar-refractivity contribution in [3.05, 3.63) is 28.9 Å². The molecule has 1 unspecified atom stereocenters. The third-order valence-corrected chi connectivity index (χ3v) is 3.28. The third-order valence-electron chi connectivity index (χ3n) is 2.85. The molecule has 5 N–H and O–H groups in total. The van der Waals surface area contributed by atoms with Crippen LogP contribution in [-0.2, 0) is 0 Å². The Morgan fingerprint density at radius 2 is 2.21 bits per heavy atom. The lowest BCUT2D eigenvalue weighted by Crippen LogP contribution is -2.37. The number of anilines is 2. The number of rotatable bonds is 4. The van der Waals surface area contributed by atoms with Crippen molar-refractivity contribution in [1.29, 1.82) is 0 Å². The molecule has 1 aromatic carbocycles. The number of benzene rings is 1. The normalized spacial score (nSPS) is 14.3. The number of nitrogen functional groups attached to an aromatic ring is 1. The van der Waals surface area contributed by atoms with Gasteiger partial charge in [0.25, 0.3) is 0 Å². The van der Waals surface area contributed by atoms with Gasteiger partial charge in [-0.05, 0) is 41.1 Å². The summed E-state index contributed by atoms with van der Waals surface area (Å²) in [5.74, 6) is 0. The van der Waals surface area contributed by atoms with Gasteiger partial charge < -0.3 is 21.3 Å². The summed E-state index contributed by atoms with van der Waals surface area (Å²) in [7, 11) is 0.